The van der Waals surface area contributed by atoms with Crippen molar-refractivity contribution < 1.29 is 13.9 Å². The fraction of sp³-hybridized carbons (Fsp3) is 0.133. The lowest BCUT2D eigenvalue weighted by Crippen LogP contribution is -2.14. The van der Waals surface area contributed by atoms with Crippen molar-refractivity contribution in [2.45, 2.75) is 6.92 Å². The average molecular weight is 338 g/mol. The second-order valence-corrected chi connectivity index (χ2v) is 5.03. The fourth-order valence-corrected chi connectivity index (χ4v) is 2.18. The third-order valence-corrected chi connectivity index (χ3v) is 3.91. The zero-order valence-corrected chi connectivity index (χ0v) is 12.6. The van der Waals surface area contributed by atoms with Crippen LogP contribution in [-0.2, 0) is 0 Å². The maximum atomic E-state index is 13.7. The Hall–Kier alpha value is -1.88. The summed E-state index contributed by atoms with van der Waals surface area (Å²) < 4.78 is 19.4. The summed E-state index contributed by atoms with van der Waals surface area (Å²) in [6.07, 6.45) is 0. The number of hydrogen-bond acceptors (Lipinski definition) is 2. The van der Waals surface area contributed by atoms with Gasteiger partial charge in [0, 0.05) is 10.5 Å². The van der Waals surface area contributed by atoms with Crippen LogP contribution in [0.4, 0.5) is 10.1 Å². The molecule has 0 saturated heterocycles. The summed E-state index contributed by atoms with van der Waals surface area (Å²) in [7, 11) is 1.48. The molecule has 0 aliphatic rings. The number of aryl methyl sites for hydroxylation is 1. The van der Waals surface area contributed by atoms with E-state index in [2.05, 4.69) is 21.2 Å². The van der Waals surface area contributed by atoms with E-state index in [4.69, 9.17) is 4.74 Å². The van der Waals surface area contributed by atoms with Crippen LogP contribution in [0.2, 0.25) is 0 Å². The van der Waals surface area contributed by atoms with E-state index < -0.39 is 5.82 Å². The molecule has 0 atom stereocenters. The second-order valence-electron chi connectivity index (χ2n) is 4.24. The van der Waals surface area contributed by atoms with Crippen LogP contribution >= 0.6 is 15.9 Å². The highest BCUT2D eigenvalue weighted by atomic mass is 79.9. The number of amides is 1. The van der Waals surface area contributed by atoms with E-state index in [1.54, 1.807) is 12.1 Å². The molecule has 2 aromatic carbocycles. The molecule has 0 bridgehead atoms. The Labute approximate surface area is 124 Å². The first kappa shape index (κ1) is 14.5. The summed E-state index contributed by atoms with van der Waals surface area (Å²) in [5, 5.41) is 2.55. The number of hydrogen-bond donors (Lipinski definition) is 1. The minimum absolute atomic E-state index is 0.0859. The molecule has 0 spiro atoms. The van der Waals surface area contributed by atoms with Crippen molar-refractivity contribution in [2.75, 3.05) is 12.4 Å². The first-order valence-electron chi connectivity index (χ1n) is 5.93. The molecule has 0 heterocycles. The van der Waals surface area contributed by atoms with Gasteiger partial charge in [0.2, 0.25) is 0 Å². The van der Waals surface area contributed by atoms with Crippen LogP contribution in [0.3, 0.4) is 0 Å². The van der Waals surface area contributed by atoms with Gasteiger partial charge in [0.25, 0.3) is 5.91 Å². The van der Waals surface area contributed by atoms with Gasteiger partial charge in [-0.05, 0) is 46.6 Å². The van der Waals surface area contributed by atoms with Crippen molar-refractivity contribution >= 4 is 27.5 Å². The minimum atomic E-state index is -0.511. The van der Waals surface area contributed by atoms with Crippen molar-refractivity contribution in [1.82, 2.24) is 0 Å². The van der Waals surface area contributed by atoms with Gasteiger partial charge in [0.15, 0.2) is 0 Å². The molecule has 5 heteroatoms. The lowest BCUT2D eigenvalue weighted by atomic mass is 10.1. The molecule has 1 amide bonds. The molecule has 2 rings (SSSR count). The van der Waals surface area contributed by atoms with Gasteiger partial charge < -0.3 is 10.1 Å². The number of halogens is 2. The smallest absolute Gasteiger partial charge is 0.256 e. The molecule has 0 aromatic heterocycles. The van der Waals surface area contributed by atoms with Gasteiger partial charge in [0.05, 0.1) is 18.4 Å². The summed E-state index contributed by atoms with van der Waals surface area (Å²) in [4.78, 5) is 12.2. The van der Waals surface area contributed by atoms with Crippen LogP contribution in [0.15, 0.2) is 40.9 Å². The molecule has 0 aliphatic heterocycles. The first-order chi connectivity index (χ1) is 9.52. The van der Waals surface area contributed by atoms with Gasteiger partial charge in [-0.3, -0.25) is 4.79 Å². The van der Waals surface area contributed by atoms with Gasteiger partial charge in [0.1, 0.15) is 11.6 Å². The van der Waals surface area contributed by atoms with Crippen LogP contribution < -0.4 is 10.1 Å². The first-order valence-corrected chi connectivity index (χ1v) is 6.72. The maximum absolute atomic E-state index is 13.7. The predicted octanol–water partition coefficient (Wildman–Crippen LogP) is 4.16. The highest BCUT2D eigenvalue weighted by Crippen LogP contribution is 2.25. The predicted molar refractivity (Wildman–Crippen MR) is 79.8 cm³/mol. The Balaban J connectivity index is 2.30. The molecular weight excluding hydrogens is 325 g/mol. The van der Waals surface area contributed by atoms with Gasteiger partial charge in [-0.2, -0.15) is 0 Å². The van der Waals surface area contributed by atoms with Crippen molar-refractivity contribution in [3.05, 3.63) is 57.8 Å². The molecule has 3 nitrogen and oxygen atoms in total. The molecule has 1 N–H and O–H groups in total. The van der Waals surface area contributed by atoms with Crippen molar-refractivity contribution in [3.8, 4) is 5.75 Å². The standard InChI is InChI=1S/C15H13BrFNO2/c1-9-4-3-5-11(14(9)16)15(19)18-13-8-10(20-2)6-7-12(13)17/h3-8H,1-2H3,(H,18,19). The molecule has 2 aromatic rings. The number of anilines is 1. The number of rotatable bonds is 3. The topological polar surface area (TPSA) is 38.3 Å². The SMILES string of the molecule is COc1ccc(F)c(NC(=O)c2cccc(C)c2Br)c1. The zero-order valence-electron chi connectivity index (χ0n) is 11.0. The van der Waals surface area contributed by atoms with E-state index in [0.29, 0.717) is 15.8 Å². The van der Waals surface area contributed by atoms with E-state index in [0.717, 1.165) is 5.56 Å². The second kappa shape index (κ2) is 6.05. The monoisotopic (exact) mass is 337 g/mol. The normalized spacial score (nSPS) is 10.2. The largest absolute Gasteiger partial charge is 0.497 e. The van der Waals surface area contributed by atoms with Gasteiger partial charge in [-0.15, -0.1) is 0 Å². The Bertz CT molecular complexity index is 658. The summed E-state index contributed by atoms with van der Waals surface area (Å²) in [5.41, 5.74) is 1.47. The molecular formula is C15H13BrFNO2. The van der Waals surface area contributed by atoms with Crippen LogP contribution in [0, 0.1) is 12.7 Å². The Morgan fingerprint density at radius 2 is 2.05 bits per heavy atom. The number of carbonyl (C=O) groups is 1. The highest BCUT2D eigenvalue weighted by Gasteiger charge is 2.14. The molecule has 0 unspecified atom stereocenters. The number of ether oxygens (including phenoxy) is 1. The average Bonchev–Trinajstić information content (AvgIpc) is 2.44. The number of benzene rings is 2. The Kier molecular flexibility index (Phi) is 4.39. The number of nitrogens with one attached hydrogen (secondary N) is 1. The van der Waals surface area contributed by atoms with E-state index in [1.807, 2.05) is 13.0 Å². The quantitative estimate of drug-likeness (QED) is 0.913. The number of methoxy groups -OCH3 is 1. The number of carbonyl (C=O) groups excluding carboxylic acids is 1. The summed E-state index contributed by atoms with van der Waals surface area (Å²) >= 11 is 3.36. The van der Waals surface area contributed by atoms with Crippen LogP contribution in [0.25, 0.3) is 0 Å². The van der Waals surface area contributed by atoms with Crippen LogP contribution in [0.1, 0.15) is 15.9 Å². The van der Waals surface area contributed by atoms with Crippen molar-refractivity contribution in [3.63, 3.8) is 0 Å². The molecule has 20 heavy (non-hydrogen) atoms. The van der Waals surface area contributed by atoms with E-state index >= 15 is 0 Å². The third-order valence-electron chi connectivity index (χ3n) is 2.86. The molecule has 0 aliphatic carbocycles. The third kappa shape index (κ3) is 2.99. The molecule has 104 valence electrons. The Morgan fingerprint density at radius 1 is 1.30 bits per heavy atom. The highest BCUT2D eigenvalue weighted by molar-refractivity contribution is 9.10. The van der Waals surface area contributed by atoms with Crippen LogP contribution in [-0.4, -0.2) is 13.0 Å². The van der Waals surface area contributed by atoms with Crippen molar-refractivity contribution in [1.29, 1.82) is 0 Å². The summed E-state index contributed by atoms with van der Waals surface area (Å²) in [5.74, 6) is -0.416. The summed E-state index contributed by atoms with van der Waals surface area (Å²) in [6, 6.07) is 9.51. The molecule has 0 fully saturated rings. The van der Waals surface area contributed by atoms with E-state index in [9.17, 15) is 9.18 Å². The van der Waals surface area contributed by atoms with Crippen molar-refractivity contribution in [2.24, 2.45) is 0 Å². The zero-order chi connectivity index (χ0) is 14.7. The van der Waals surface area contributed by atoms with E-state index in [-0.39, 0.29) is 11.6 Å². The van der Waals surface area contributed by atoms with Gasteiger partial charge in [-0.1, -0.05) is 12.1 Å². The van der Waals surface area contributed by atoms with E-state index in [1.165, 1.54) is 25.3 Å². The lowest BCUT2D eigenvalue weighted by molar-refractivity contribution is 0.102. The van der Waals surface area contributed by atoms with Crippen LogP contribution in [0.5, 0.6) is 5.75 Å². The lowest BCUT2D eigenvalue weighted by Gasteiger charge is -2.10. The van der Waals surface area contributed by atoms with Gasteiger partial charge >= 0.3 is 0 Å². The minimum Gasteiger partial charge on any atom is -0.497 e. The fourth-order valence-electron chi connectivity index (χ4n) is 1.74. The van der Waals surface area contributed by atoms with Gasteiger partial charge in [-0.25, -0.2) is 4.39 Å². The maximum Gasteiger partial charge on any atom is 0.256 e. The Morgan fingerprint density at radius 3 is 2.75 bits per heavy atom. The summed E-state index contributed by atoms with van der Waals surface area (Å²) in [6.45, 7) is 1.88. The molecule has 0 saturated carbocycles. The molecule has 0 radical (unpaired) electrons.